The topological polar surface area (TPSA) is 86.2 Å². The third-order valence-corrected chi connectivity index (χ3v) is 4.62. The number of carbonyl (C=O) groups is 1. The Bertz CT molecular complexity index is 1220. The highest BCUT2D eigenvalue weighted by Crippen LogP contribution is 2.18. The van der Waals surface area contributed by atoms with Crippen molar-refractivity contribution in [3.8, 4) is 0 Å². The van der Waals surface area contributed by atoms with Gasteiger partial charge in [0.25, 0.3) is 5.91 Å². The largest absolute Gasteiger partial charge is 0.350 e. The summed E-state index contributed by atoms with van der Waals surface area (Å²) in [7, 11) is 1.71. The molecule has 4 aromatic rings. The zero-order chi connectivity index (χ0) is 19.1. The van der Waals surface area contributed by atoms with Crippen molar-refractivity contribution in [3.63, 3.8) is 0 Å². The summed E-state index contributed by atoms with van der Waals surface area (Å²) < 4.78 is 4.54. The molecular weight excluding hydrogens is 344 g/mol. The van der Waals surface area contributed by atoms with Gasteiger partial charge in [-0.2, -0.15) is 5.10 Å². The molecule has 0 saturated carbocycles. The summed E-state index contributed by atoms with van der Waals surface area (Å²) in [6.45, 7) is 4.06. The highest BCUT2D eigenvalue weighted by Gasteiger charge is 2.17. The van der Waals surface area contributed by atoms with E-state index in [0.717, 1.165) is 16.5 Å². The monoisotopic (exact) mass is 364 g/mol. The minimum absolute atomic E-state index is 0.216. The first-order valence-corrected chi connectivity index (χ1v) is 8.72. The molecule has 8 nitrogen and oxygen atoms in total. The molecule has 0 saturated heterocycles. The number of benzene rings is 1. The van der Waals surface area contributed by atoms with E-state index in [0.29, 0.717) is 11.3 Å². The Morgan fingerprint density at radius 3 is 2.78 bits per heavy atom. The van der Waals surface area contributed by atoms with Gasteiger partial charge >= 0.3 is 5.69 Å². The van der Waals surface area contributed by atoms with E-state index in [1.807, 2.05) is 44.2 Å². The lowest BCUT2D eigenvalue weighted by atomic mass is 10.1. The number of para-hydroxylation sites is 1. The van der Waals surface area contributed by atoms with Crippen LogP contribution in [-0.2, 0) is 13.6 Å². The third-order valence-electron chi connectivity index (χ3n) is 4.62. The molecule has 8 heteroatoms. The maximum Gasteiger partial charge on any atom is 0.350 e. The second kappa shape index (κ2) is 6.39. The molecule has 3 heterocycles. The number of aryl methyl sites for hydroxylation is 2. The molecule has 1 aromatic carbocycles. The van der Waals surface area contributed by atoms with Gasteiger partial charge in [-0.3, -0.25) is 9.48 Å². The Kier molecular flexibility index (Phi) is 4.02. The quantitative estimate of drug-likeness (QED) is 0.595. The molecule has 0 aliphatic heterocycles. The predicted molar refractivity (Wildman–Crippen MR) is 102 cm³/mol. The van der Waals surface area contributed by atoms with Crippen LogP contribution in [0.2, 0.25) is 0 Å². The van der Waals surface area contributed by atoms with E-state index in [-0.39, 0.29) is 24.2 Å². The van der Waals surface area contributed by atoms with Gasteiger partial charge in [-0.05, 0) is 43.0 Å². The SMILES string of the molecule is Cc1cc2ccccc2n2c(=O)n(CC(C)NC(=O)c3ccnn3C)nc12. The number of pyridine rings is 1. The summed E-state index contributed by atoms with van der Waals surface area (Å²) >= 11 is 0. The normalized spacial score (nSPS) is 12.6. The standard InChI is InChI=1S/C19H20N6O2/c1-12-10-14-6-4-5-7-15(14)25-17(12)22-24(19(25)27)11-13(2)21-18(26)16-8-9-20-23(16)3/h4-10,13H,11H2,1-3H3,(H,21,26). The predicted octanol–water partition coefficient (Wildman–Crippen LogP) is 1.51. The van der Waals surface area contributed by atoms with Crippen molar-refractivity contribution in [2.24, 2.45) is 7.05 Å². The van der Waals surface area contributed by atoms with Crippen molar-refractivity contribution in [1.82, 2.24) is 29.3 Å². The number of nitrogens with zero attached hydrogens (tertiary/aromatic N) is 5. The van der Waals surface area contributed by atoms with E-state index < -0.39 is 0 Å². The van der Waals surface area contributed by atoms with Crippen LogP contribution in [0.5, 0.6) is 0 Å². The van der Waals surface area contributed by atoms with Gasteiger partial charge < -0.3 is 5.32 Å². The highest BCUT2D eigenvalue weighted by molar-refractivity contribution is 5.92. The summed E-state index contributed by atoms with van der Waals surface area (Å²) in [4.78, 5) is 25.3. The molecule has 0 fully saturated rings. The molecule has 138 valence electrons. The molecule has 0 aliphatic carbocycles. The fourth-order valence-electron chi connectivity index (χ4n) is 3.31. The lowest BCUT2D eigenvalue weighted by molar-refractivity contribution is 0.0926. The highest BCUT2D eigenvalue weighted by atomic mass is 16.2. The van der Waals surface area contributed by atoms with Gasteiger partial charge in [0.1, 0.15) is 5.69 Å². The van der Waals surface area contributed by atoms with E-state index in [2.05, 4.69) is 15.5 Å². The first-order valence-electron chi connectivity index (χ1n) is 8.72. The maximum absolute atomic E-state index is 12.9. The van der Waals surface area contributed by atoms with Crippen molar-refractivity contribution in [2.75, 3.05) is 0 Å². The second-order valence-corrected chi connectivity index (χ2v) is 6.72. The third kappa shape index (κ3) is 2.88. The summed E-state index contributed by atoms with van der Waals surface area (Å²) in [6, 6.07) is 11.1. The van der Waals surface area contributed by atoms with E-state index in [4.69, 9.17) is 0 Å². The van der Waals surface area contributed by atoms with E-state index >= 15 is 0 Å². The van der Waals surface area contributed by atoms with Gasteiger partial charge in [0.05, 0.1) is 12.1 Å². The Labute approximate surface area is 155 Å². The Hall–Kier alpha value is -3.42. The van der Waals surface area contributed by atoms with Crippen LogP contribution in [-0.4, -0.2) is 35.9 Å². The lowest BCUT2D eigenvalue weighted by Gasteiger charge is -2.13. The molecule has 3 aromatic heterocycles. The summed E-state index contributed by atoms with van der Waals surface area (Å²) in [5.74, 6) is -0.235. The van der Waals surface area contributed by atoms with Crippen molar-refractivity contribution in [3.05, 3.63) is 64.3 Å². The molecule has 1 atom stereocenters. The molecular formula is C19H20N6O2. The first kappa shape index (κ1) is 17.0. The zero-order valence-corrected chi connectivity index (χ0v) is 15.4. The first-order chi connectivity index (χ1) is 13.0. The molecule has 4 rings (SSSR count). The molecule has 1 amide bonds. The fraction of sp³-hybridized carbons (Fsp3) is 0.263. The van der Waals surface area contributed by atoms with Gasteiger partial charge in [-0.15, -0.1) is 5.10 Å². The van der Waals surface area contributed by atoms with Crippen molar-refractivity contribution in [2.45, 2.75) is 26.4 Å². The lowest BCUT2D eigenvalue weighted by Crippen LogP contribution is -2.39. The molecule has 27 heavy (non-hydrogen) atoms. The van der Waals surface area contributed by atoms with Gasteiger partial charge in [0.2, 0.25) is 0 Å². The van der Waals surface area contributed by atoms with Crippen LogP contribution in [0.1, 0.15) is 23.0 Å². The minimum Gasteiger partial charge on any atom is -0.346 e. The maximum atomic E-state index is 12.9. The minimum atomic E-state index is -0.276. The molecule has 0 aliphatic rings. The van der Waals surface area contributed by atoms with Crippen LogP contribution >= 0.6 is 0 Å². The van der Waals surface area contributed by atoms with Crippen molar-refractivity contribution in [1.29, 1.82) is 0 Å². The van der Waals surface area contributed by atoms with Crippen LogP contribution < -0.4 is 11.0 Å². The Morgan fingerprint density at radius 1 is 1.26 bits per heavy atom. The number of aromatic nitrogens is 5. The van der Waals surface area contributed by atoms with E-state index in [1.165, 1.54) is 9.36 Å². The molecule has 1 unspecified atom stereocenters. The van der Waals surface area contributed by atoms with Crippen LogP contribution in [0.15, 0.2) is 47.4 Å². The van der Waals surface area contributed by atoms with Crippen LogP contribution in [0.25, 0.3) is 16.6 Å². The number of nitrogens with one attached hydrogen (secondary N) is 1. The van der Waals surface area contributed by atoms with Crippen LogP contribution in [0, 0.1) is 6.92 Å². The van der Waals surface area contributed by atoms with Gasteiger partial charge in [-0.25, -0.2) is 13.9 Å². The molecule has 0 spiro atoms. The number of amides is 1. The number of hydrogen-bond acceptors (Lipinski definition) is 4. The number of rotatable bonds is 4. The molecule has 0 radical (unpaired) electrons. The van der Waals surface area contributed by atoms with Gasteiger partial charge in [0, 0.05) is 19.3 Å². The second-order valence-electron chi connectivity index (χ2n) is 6.72. The molecule has 1 N–H and O–H groups in total. The average Bonchev–Trinajstić information content (AvgIpc) is 3.20. The number of carbonyl (C=O) groups excluding carboxylic acids is 1. The summed E-state index contributed by atoms with van der Waals surface area (Å²) in [5.41, 5.74) is 2.62. The number of hydrogen-bond donors (Lipinski definition) is 1. The summed E-state index contributed by atoms with van der Waals surface area (Å²) in [6.07, 6.45) is 1.57. The van der Waals surface area contributed by atoms with Gasteiger partial charge in [0.15, 0.2) is 5.65 Å². The molecule has 0 bridgehead atoms. The van der Waals surface area contributed by atoms with Gasteiger partial charge in [-0.1, -0.05) is 18.2 Å². The smallest absolute Gasteiger partial charge is 0.346 e. The van der Waals surface area contributed by atoms with E-state index in [9.17, 15) is 9.59 Å². The zero-order valence-electron chi connectivity index (χ0n) is 15.4. The Morgan fingerprint density at radius 2 is 2.04 bits per heavy atom. The van der Waals surface area contributed by atoms with Crippen LogP contribution in [0.4, 0.5) is 0 Å². The fourth-order valence-corrected chi connectivity index (χ4v) is 3.31. The number of fused-ring (bicyclic) bond motifs is 3. The Balaban J connectivity index is 1.66. The van der Waals surface area contributed by atoms with E-state index in [1.54, 1.807) is 23.7 Å². The van der Waals surface area contributed by atoms with Crippen molar-refractivity contribution >= 4 is 22.5 Å². The average molecular weight is 364 g/mol. The summed E-state index contributed by atoms with van der Waals surface area (Å²) in [5, 5.41) is 12.4. The van der Waals surface area contributed by atoms with Crippen LogP contribution in [0.3, 0.4) is 0 Å². The van der Waals surface area contributed by atoms with Crippen molar-refractivity contribution < 1.29 is 4.79 Å².